The molecule has 0 aliphatic carbocycles. The van der Waals surface area contributed by atoms with Gasteiger partial charge in [0, 0.05) is 67.7 Å². The van der Waals surface area contributed by atoms with Gasteiger partial charge >= 0.3 is 0 Å². The summed E-state index contributed by atoms with van der Waals surface area (Å²) >= 11 is 1.57. The molecule has 4 heterocycles. The largest absolute Gasteiger partial charge is 0.332 e. The molecule has 0 fully saturated rings. The van der Waals surface area contributed by atoms with Crippen LogP contribution in [0.5, 0.6) is 0 Å². The molecular formula is C30H30N6OS2. The van der Waals surface area contributed by atoms with Crippen LogP contribution in [0.4, 0.5) is 0 Å². The molecule has 4 aromatic heterocycles. The van der Waals surface area contributed by atoms with Gasteiger partial charge < -0.3 is 9.13 Å². The number of nitrogens with zero attached hydrogens (tertiary/aromatic N) is 6. The fraction of sp³-hybridized carbons (Fsp3) is 0.200. The molecule has 1 unspecified atom stereocenters. The molecule has 0 saturated carbocycles. The van der Waals surface area contributed by atoms with Crippen molar-refractivity contribution >= 4 is 44.6 Å². The van der Waals surface area contributed by atoms with E-state index in [1.165, 1.54) is 22.5 Å². The van der Waals surface area contributed by atoms with Crippen LogP contribution in [0, 0.1) is 0 Å². The topological polar surface area (TPSA) is 78.5 Å². The van der Waals surface area contributed by atoms with Crippen LogP contribution in [0.15, 0.2) is 95.5 Å². The number of thioether (sulfide) groups is 1. The Kier molecular flexibility index (Phi) is 8.18. The van der Waals surface area contributed by atoms with Crippen molar-refractivity contribution in [3.63, 3.8) is 0 Å². The number of fused-ring (bicyclic) bond motifs is 2. The Labute approximate surface area is 234 Å². The van der Waals surface area contributed by atoms with Crippen molar-refractivity contribution in [1.29, 1.82) is 0 Å². The lowest BCUT2D eigenvalue weighted by atomic mass is 10.1. The summed E-state index contributed by atoms with van der Waals surface area (Å²) in [4.78, 5) is 17.4. The molecule has 0 saturated heterocycles. The fourth-order valence-corrected chi connectivity index (χ4v) is 5.24. The summed E-state index contributed by atoms with van der Waals surface area (Å²) in [7, 11) is 2.89. The second-order valence-corrected chi connectivity index (χ2v) is 11.3. The zero-order valence-corrected chi connectivity index (χ0v) is 24.0. The van der Waals surface area contributed by atoms with E-state index in [4.69, 9.17) is 0 Å². The minimum absolute atomic E-state index is 0.380. The standard InChI is InChI=1S/C15H15N3OS.C15H15N3S/c1-18-13(8-11-6-4-3-5-7-11)9-12-10-16-15(20(2)19)17-14(12)18;1-18-13(8-11-6-4-3-5-7-11)9-12-10-16-15(19-2)17-14(12)18/h3-7,9-10H,8H2,1-2H3;3-7,9-10H,8H2,1-2H3. The lowest BCUT2D eigenvalue weighted by Crippen LogP contribution is -2.01. The predicted molar refractivity (Wildman–Crippen MR) is 160 cm³/mol. The van der Waals surface area contributed by atoms with E-state index < -0.39 is 10.8 Å². The van der Waals surface area contributed by atoms with Crippen molar-refractivity contribution < 1.29 is 4.21 Å². The third-order valence-corrected chi connectivity index (χ3v) is 7.86. The maximum atomic E-state index is 11.5. The summed E-state index contributed by atoms with van der Waals surface area (Å²) in [5.74, 6) is 0. The second-order valence-electron chi connectivity index (χ2n) is 9.24. The lowest BCUT2D eigenvalue weighted by Gasteiger charge is -2.04. The maximum Gasteiger partial charge on any atom is 0.220 e. The van der Waals surface area contributed by atoms with E-state index in [2.05, 4.69) is 80.1 Å². The van der Waals surface area contributed by atoms with Gasteiger partial charge in [-0.1, -0.05) is 72.4 Å². The summed E-state index contributed by atoms with van der Waals surface area (Å²) in [6, 6.07) is 25.1. The third kappa shape index (κ3) is 6.10. The summed E-state index contributed by atoms with van der Waals surface area (Å²) in [6.07, 6.45) is 9.00. The molecule has 6 aromatic rings. The van der Waals surface area contributed by atoms with Crippen LogP contribution in [0.3, 0.4) is 0 Å². The van der Waals surface area contributed by atoms with Gasteiger partial charge in [0.1, 0.15) is 11.3 Å². The highest BCUT2D eigenvalue weighted by atomic mass is 32.2. The first-order chi connectivity index (χ1) is 18.9. The smallest absolute Gasteiger partial charge is 0.220 e. The van der Waals surface area contributed by atoms with Crippen LogP contribution < -0.4 is 0 Å². The second kappa shape index (κ2) is 11.9. The Bertz CT molecular complexity index is 1750. The number of aryl methyl sites for hydroxylation is 2. The third-order valence-electron chi connectivity index (χ3n) is 6.58. The van der Waals surface area contributed by atoms with E-state index >= 15 is 0 Å². The molecule has 1 atom stereocenters. The maximum absolute atomic E-state index is 11.5. The Hall–Kier alpha value is -3.82. The van der Waals surface area contributed by atoms with Gasteiger partial charge in [0.15, 0.2) is 5.16 Å². The molecule has 9 heteroatoms. The van der Waals surface area contributed by atoms with Crippen LogP contribution in [0.25, 0.3) is 22.1 Å². The molecule has 7 nitrogen and oxygen atoms in total. The van der Waals surface area contributed by atoms with E-state index in [0.29, 0.717) is 5.16 Å². The molecule has 0 amide bonds. The average Bonchev–Trinajstić information content (AvgIpc) is 3.44. The van der Waals surface area contributed by atoms with E-state index in [9.17, 15) is 4.21 Å². The molecule has 2 aromatic carbocycles. The van der Waals surface area contributed by atoms with E-state index in [1.54, 1.807) is 24.2 Å². The van der Waals surface area contributed by atoms with E-state index in [0.717, 1.165) is 40.1 Å². The molecule has 0 bridgehead atoms. The molecule has 0 radical (unpaired) electrons. The SMILES string of the molecule is CSc1ncc2cc(Cc3ccccc3)n(C)c2n1.Cn1c(Cc2ccccc2)cc2cnc(S(C)=O)nc21. The summed E-state index contributed by atoms with van der Waals surface area (Å²) in [5.41, 5.74) is 6.83. The number of hydrogen-bond donors (Lipinski definition) is 0. The van der Waals surface area contributed by atoms with Crippen molar-refractivity contribution in [2.24, 2.45) is 14.1 Å². The zero-order chi connectivity index (χ0) is 27.4. The van der Waals surface area contributed by atoms with Gasteiger partial charge in [0.25, 0.3) is 0 Å². The van der Waals surface area contributed by atoms with Crippen LogP contribution >= 0.6 is 11.8 Å². The van der Waals surface area contributed by atoms with Crippen molar-refractivity contribution in [2.45, 2.75) is 23.2 Å². The van der Waals surface area contributed by atoms with Crippen molar-refractivity contribution in [2.75, 3.05) is 12.5 Å². The Balaban J connectivity index is 0.000000158. The predicted octanol–water partition coefficient (Wildman–Crippen LogP) is 5.58. The Morgan fingerprint density at radius 3 is 1.72 bits per heavy atom. The number of benzene rings is 2. The number of aromatic nitrogens is 6. The van der Waals surface area contributed by atoms with Gasteiger partial charge in [0.05, 0.1) is 10.8 Å². The average molecular weight is 555 g/mol. The Morgan fingerprint density at radius 1 is 0.744 bits per heavy atom. The van der Waals surface area contributed by atoms with Crippen LogP contribution in [0.1, 0.15) is 22.5 Å². The van der Waals surface area contributed by atoms with Crippen molar-refractivity contribution in [1.82, 2.24) is 29.1 Å². The summed E-state index contributed by atoms with van der Waals surface area (Å²) in [6.45, 7) is 0. The molecule has 0 aliphatic rings. The fourth-order valence-electron chi connectivity index (χ4n) is 4.48. The van der Waals surface area contributed by atoms with Gasteiger partial charge in [-0.2, -0.15) is 0 Å². The number of hydrogen-bond acceptors (Lipinski definition) is 6. The van der Waals surface area contributed by atoms with Gasteiger partial charge in [-0.05, 0) is 29.5 Å². The molecular weight excluding hydrogens is 525 g/mol. The van der Waals surface area contributed by atoms with Crippen LogP contribution in [0.2, 0.25) is 0 Å². The molecule has 198 valence electrons. The highest BCUT2D eigenvalue weighted by Crippen LogP contribution is 2.21. The first-order valence-electron chi connectivity index (χ1n) is 12.5. The van der Waals surface area contributed by atoms with Crippen LogP contribution in [-0.2, 0) is 37.7 Å². The van der Waals surface area contributed by atoms with Gasteiger partial charge in [-0.15, -0.1) is 0 Å². The summed E-state index contributed by atoms with van der Waals surface area (Å²) < 4.78 is 15.7. The molecule has 0 aliphatic heterocycles. The molecule has 0 spiro atoms. The minimum Gasteiger partial charge on any atom is -0.332 e. The molecule has 0 N–H and O–H groups in total. The normalized spacial score (nSPS) is 11.9. The summed E-state index contributed by atoms with van der Waals surface area (Å²) in [5, 5.41) is 3.28. The lowest BCUT2D eigenvalue weighted by molar-refractivity contribution is 0.680. The highest BCUT2D eigenvalue weighted by molar-refractivity contribution is 7.98. The first-order valence-corrected chi connectivity index (χ1v) is 15.3. The highest BCUT2D eigenvalue weighted by Gasteiger charge is 2.11. The van der Waals surface area contributed by atoms with Gasteiger partial charge in [-0.25, -0.2) is 19.9 Å². The monoisotopic (exact) mass is 554 g/mol. The molecule has 6 rings (SSSR count). The van der Waals surface area contributed by atoms with Gasteiger partial charge in [0.2, 0.25) is 5.16 Å². The van der Waals surface area contributed by atoms with Crippen molar-refractivity contribution in [3.05, 3.63) is 108 Å². The Morgan fingerprint density at radius 2 is 1.23 bits per heavy atom. The minimum atomic E-state index is -1.16. The van der Waals surface area contributed by atoms with Gasteiger partial charge in [-0.3, -0.25) is 4.21 Å². The van der Waals surface area contributed by atoms with Crippen molar-refractivity contribution in [3.8, 4) is 0 Å². The first kappa shape index (κ1) is 26.8. The number of rotatable bonds is 6. The van der Waals surface area contributed by atoms with E-state index in [1.807, 2.05) is 48.3 Å². The zero-order valence-electron chi connectivity index (χ0n) is 22.4. The molecule has 39 heavy (non-hydrogen) atoms. The van der Waals surface area contributed by atoms with Crippen LogP contribution in [-0.4, -0.2) is 45.8 Å². The van der Waals surface area contributed by atoms with E-state index in [-0.39, 0.29) is 0 Å². The quantitative estimate of drug-likeness (QED) is 0.198.